The number of fused-ring (bicyclic) bond motifs is 1. The van der Waals surface area contributed by atoms with Gasteiger partial charge in [-0.15, -0.1) is 0 Å². The number of nitro groups is 1. The molecule has 1 aromatic heterocycles. The third kappa shape index (κ3) is 6.16. The van der Waals surface area contributed by atoms with Crippen molar-refractivity contribution < 1.29 is 23.6 Å². The molecule has 0 saturated carbocycles. The predicted molar refractivity (Wildman–Crippen MR) is 121 cm³/mol. The lowest BCUT2D eigenvalue weighted by atomic mass is 10.2. The fourth-order valence-corrected chi connectivity index (χ4v) is 2.96. The summed E-state index contributed by atoms with van der Waals surface area (Å²) in [6.07, 6.45) is 0.600. The maximum absolute atomic E-state index is 14.3. The predicted octanol–water partition coefficient (Wildman–Crippen LogP) is 4.98. The number of nitrogens with zero attached hydrogens (tertiary/aromatic N) is 3. The van der Waals surface area contributed by atoms with Crippen LogP contribution in [0.1, 0.15) is 20.8 Å². The van der Waals surface area contributed by atoms with Crippen molar-refractivity contribution in [1.29, 1.82) is 0 Å². The molecule has 0 bridgehead atoms. The number of ether oxygens (including phenoxy) is 2. The van der Waals surface area contributed by atoms with Crippen LogP contribution in [0.3, 0.4) is 0 Å². The van der Waals surface area contributed by atoms with Crippen LogP contribution in [0.4, 0.5) is 26.4 Å². The molecular formula is C21H21ClFN5O5. The van der Waals surface area contributed by atoms with Crippen LogP contribution in [-0.4, -0.2) is 39.7 Å². The standard InChI is InChI=1S/C21H21ClFN5O5/c1-21(2,3)33-20(29)24-7-8-32-17-10-15-12(9-16(17)28(30)31)19(26-11-25-15)27-14-6-4-5-13(22)18(14)23/h4-6,9-11H,7-8H2,1-3H3,(H,24,29)(H,25,26,27). The van der Waals surface area contributed by atoms with Crippen molar-refractivity contribution in [3.63, 3.8) is 0 Å². The summed E-state index contributed by atoms with van der Waals surface area (Å²) in [6, 6.07) is 7.01. The van der Waals surface area contributed by atoms with Gasteiger partial charge in [-0.1, -0.05) is 17.7 Å². The number of aromatic nitrogens is 2. The Labute approximate surface area is 193 Å². The molecule has 2 aromatic carbocycles. The molecule has 0 atom stereocenters. The first-order valence-electron chi connectivity index (χ1n) is 9.79. The van der Waals surface area contributed by atoms with E-state index in [0.717, 1.165) is 0 Å². The topological polar surface area (TPSA) is 129 Å². The van der Waals surface area contributed by atoms with Crippen molar-refractivity contribution >= 4 is 45.8 Å². The summed E-state index contributed by atoms with van der Waals surface area (Å²) in [7, 11) is 0. The highest BCUT2D eigenvalue weighted by atomic mass is 35.5. The Morgan fingerprint density at radius 3 is 2.73 bits per heavy atom. The number of nitro benzene ring substituents is 1. The molecule has 10 nitrogen and oxygen atoms in total. The van der Waals surface area contributed by atoms with Gasteiger partial charge in [0.25, 0.3) is 0 Å². The Bertz CT molecular complexity index is 1200. The van der Waals surface area contributed by atoms with E-state index in [1.54, 1.807) is 26.8 Å². The number of halogens is 2. The summed E-state index contributed by atoms with van der Waals surface area (Å²) in [5.41, 5.74) is -0.611. The SMILES string of the molecule is CC(C)(C)OC(=O)NCCOc1cc2ncnc(Nc3cccc(Cl)c3F)c2cc1[N+](=O)[O-]. The maximum Gasteiger partial charge on any atom is 0.407 e. The van der Waals surface area contributed by atoms with E-state index in [1.807, 2.05) is 0 Å². The van der Waals surface area contributed by atoms with Crippen molar-refractivity contribution in [3.8, 4) is 5.75 Å². The lowest BCUT2D eigenvalue weighted by Gasteiger charge is -2.19. The highest BCUT2D eigenvalue weighted by Crippen LogP contribution is 2.35. The number of alkyl carbamates (subject to hydrolysis) is 1. The van der Waals surface area contributed by atoms with E-state index in [0.29, 0.717) is 5.52 Å². The first kappa shape index (κ1) is 23.9. The number of rotatable bonds is 7. The first-order chi connectivity index (χ1) is 15.5. The van der Waals surface area contributed by atoms with Gasteiger partial charge < -0.3 is 20.1 Å². The number of nitrogens with one attached hydrogen (secondary N) is 2. The van der Waals surface area contributed by atoms with E-state index in [9.17, 15) is 19.3 Å². The Morgan fingerprint density at radius 2 is 2.03 bits per heavy atom. The van der Waals surface area contributed by atoms with Gasteiger partial charge in [-0.25, -0.2) is 19.2 Å². The zero-order valence-corrected chi connectivity index (χ0v) is 18.8. The van der Waals surface area contributed by atoms with Gasteiger partial charge >= 0.3 is 11.8 Å². The first-order valence-corrected chi connectivity index (χ1v) is 10.2. The van der Waals surface area contributed by atoms with E-state index >= 15 is 0 Å². The molecule has 0 aliphatic rings. The fraction of sp³-hybridized carbons (Fsp3) is 0.286. The normalized spacial score (nSPS) is 11.2. The smallest absolute Gasteiger partial charge is 0.407 e. The molecule has 174 valence electrons. The molecular weight excluding hydrogens is 457 g/mol. The summed E-state index contributed by atoms with van der Waals surface area (Å²) >= 11 is 5.81. The van der Waals surface area contributed by atoms with Crippen LogP contribution in [-0.2, 0) is 4.74 Å². The van der Waals surface area contributed by atoms with E-state index in [1.165, 1.54) is 30.6 Å². The van der Waals surface area contributed by atoms with Crippen LogP contribution in [0.15, 0.2) is 36.7 Å². The molecule has 0 fully saturated rings. The fourth-order valence-electron chi connectivity index (χ4n) is 2.79. The minimum absolute atomic E-state index is 0.0444. The van der Waals surface area contributed by atoms with Crippen molar-refractivity contribution in [2.45, 2.75) is 26.4 Å². The van der Waals surface area contributed by atoms with Crippen LogP contribution >= 0.6 is 11.6 Å². The molecule has 2 N–H and O–H groups in total. The summed E-state index contributed by atoms with van der Waals surface area (Å²) in [4.78, 5) is 30.9. The Kier molecular flexibility index (Phi) is 7.12. The largest absolute Gasteiger partial charge is 0.485 e. The Hall–Kier alpha value is -3.73. The minimum Gasteiger partial charge on any atom is -0.485 e. The van der Waals surface area contributed by atoms with E-state index in [4.69, 9.17) is 21.1 Å². The van der Waals surface area contributed by atoms with Crippen molar-refractivity contribution in [1.82, 2.24) is 15.3 Å². The average Bonchev–Trinajstić information content (AvgIpc) is 2.72. The molecule has 0 unspecified atom stereocenters. The van der Waals surface area contributed by atoms with Crippen LogP contribution < -0.4 is 15.4 Å². The van der Waals surface area contributed by atoms with Crippen LogP contribution in [0.25, 0.3) is 10.9 Å². The van der Waals surface area contributed by atoms with Crippen molar-refractivity contribution in [2.75, 3.05) is 18.5 Å². The molecule has 1 amide bonds. The molecule has 0 aliphatic heterocycles. The zero-order chi connectivity index (χ0) is 24.2. The second-order valence-electron chi connectivity index (χ2n) is 7.82. The highest BCUT2D eigenvalue weighted by Gasteiger charge is 2.20. The lowest BCUT2D eigenvalue weighted by molar-refractivity contribution is -0.385. The molecule has 3 aromatic rings. The number of anilines is 2. The molecule has 0 spiro atoms. The minimum atomic E-state index is -0.683. The number of benzene rings is 2. The van der Waals surface area contributed by atoms with Gasteiger partial charge in [0.05, 0.1) is 33.1 Å². The van der Waals surface area contributed by atoms with Crippen LogP contribution in [0.5, 0.6) is 5.75 Å². The van der Waals surface area contributed by atoms with Crippen LogP contribution in [0, 0.1) is 15.9 Å². The third-order valence-corrected chi connectivity index (χ3v) is 4.44. The van der Waals surface area contributed by atoms with Gasteiger partial charge in [-0.2, -0.15) is 0 Å². The van der Waals surface area contributed by atoms with Gasteiger partial charge in [0.2, 0.25) is 0 Å². The number of hydrogen-bond acceptors (Lipinski definition) is 8. The van der Waals surface area contributed by atoms with Crippen molar-refractivity contribution in [2.24, 2.45) is 0 Å². The Morgan fingerprint density at radius 1 is 1.27 bits per heavy atom. The van der Waals surface area contributed by atoms with Gasteiger partial charge in [0, 0.05) is 12.1 Å². The molecule has 1 heterocycles. The summed E-state index contributed by atoms with van der Waals surface area (Å²) < 4.78 is 24.9. The Balaban J connectivity index is 1.81. The van der Waals surface area contributed by atoms with E-state index < -0.39 is 22.4 Å². The summed E-state index contributed by atoms with van der Waals surface area (Å²) in [5.74, 6) is -0.572. The highest BCUT2D eigenvalue weighted by molar-refractivity contribution is 6.31. The number of carbonyl (C=O) groups excluding carboxylic acids is 1. The number of carbonyl (C=O) groups is 1. The quantitative estimate of drug-likeness (QED) is 0.277. The average molecular weight is 478 g/mol. The number of hydrogen-bond donors (Lipinski definition) is 2. The van der Waals surface area contributed by atoms with Crippen molar-refractivity contribution in [3.05, 3.63) is 57.6 Å². The summed E-state index contributed by atoms with van der Waals surface area (Å²) in [5, 5.41) is 17.1. The molecule has 0 aliphatic carbocycles. The number of amides is 1. The van der Waals surface area contributed by atoms with E-state index in [-0.39, 0.29) is 46.5 Å². The molecule has 33 heavy (non-hydrogen) atoms. The third-order valence-electron chi connectivity index (χ3n) is 4.15. The maximum atomic E-state index is 14.3. The molecule has 0 radical (unpaired) electrons. The molecule has 12 heteroatoms. The lowest BCUT2D eigenvalue weighted by Crippen LogP contribution is -2.34. The van der Waals surface area contributed by atoms with Gasteiger partial charge in [-0.3, -0.25) is 10.1 Å². The monoisotopic (exact) mass is 477 g/mol. The second-order valence-corrected chi connectivity index (χ2v) is 8.23. The van der Waals surface area contributed by atoms with Gasteiger partial charge in [-0.05, 0) is 32.9 Å². The molecule has 3 rings (SSSR count). The zero-order valence-electron chi connectivity index (χ0n) is 18.0. The van der Waals surface area contributed by atoms with Gasteiger partial charge in [0.1, 0.15) is 24.4 Å². The second kappa shape index (κ2) is 9.82. The van der Waals surface area contributed by atoms with Gasteiger partial charge in [0.15, 0.2) is 11.6 Å². The molecule has 0 saturated heterocycles. The van der Waals surface area contributed by atoms with E-state index in [2.05, 4.69) is 20.6 Å². The summed E-state index contributed by atoms with van der Waals surface area (Å²) in [6.45, 7) is 5.21. The van der Waals surface area contributed by atoms with Crippen LogP contribution in [0.2, 0.25) is 5.02 Å².